The van der Waals surface area contributed by atoms with Crippen LogP contribution in [0.2, 0.25) is 10.0 Å². The fraction of sp³-hybridized carbons (Fsp3) is 0.286. The van der Waals surface area contributed by atoms with E-state index in [1.54, 1.807) is 17.0 Å². The summed E-state index contributed by atoms with van der Waals surface area (Å²) >= 11 is 13.8. The van der Waals surface area contributed by atoms with Crippen LogP contribution in [0.15, 0.2) is 72.8 Å². The Hall–Kier alpha value is -2.47. The molecule has 3 aromatic rings. The molecule has 3 aromatic carbocycles. The minimum Gasteiger partial charge on any atom is -0.355 e. The lowest BCUT2D eigenvalue weighted by Crippen LogP contribution is -2.51. The maximum absolute atomic E-state index is 13.6. The van der Waals surface area contributed by atoms with Crippen molar-refractivity contribution >= 4 is 46.8 Å². The Labute approximate surface area is 222 Å². The molecule has 0 bridgehead atoms. The van der Waals surface area contributed by atoms with Gasteiger partial charge in [-0.15, -0.1) is 11.8 Å². The SMILES string of the molecule is CCNC(=O)[C@H](Cc1ccccc1)N(Cc1ccc(C)cc1)C(=O)CSCc1ccc(Cl)cc1Cl. The van der Waals surface area contributed by atoms with Gasteiger partial charge in [-0.2, -0.15) is 0 Å². The minimum atomic E-state index is -0.620. The van der Waals surface area contributed by atoms with Crippen molar-refractivity contribution in [1.82, 2.24) is 10.2 Å². The van der Waals surface area contributed by atoms with Crippen molar-refractivity contribution in [1.29, 1.82) is 0 Å². The normalized spacial score (nSPS) is 11.7. The highest BCUT2D eigenvalue weighted by Gasteiger charge is 2.30. The van der Waals surface area contributed by atoms with Crippen LogP contribution in [-0.4, -0.2) is 35.1 Å². The van der Waals surface area contributed by atoms with Crippen molar-refractivity contribution in [3.63, 3.8) is 0 Å². The Kier molecular flexibility index (Phi) is 10.5. The monoisotopic (exact) mass is 528 g/mol. The highest BCUT2D eigenvalue weighted by atomic mass is 35.5. The van der Waals surface area contributed by atoms with E-state index < -0.39 is 6.04 Å². The zero-order valence-corrected chi connectivity index (χ0v) is 22.3. The van der Waals surface area contributed by atoms with Gasteiger partial charge in [-0.25, -0.2) is 0 Å². The zero-order valence-electron chi connectivity index (χ0n) is 20.0. The molecule has 184 valence electrons. The number of nitrogens with zero attached hydrogens (tertiary/aromatic N) is 1. The summed E-state index contributed by atoms with van der Waals surface area (Å²) in [6.45, 7) is 4.77. The molecule has 0 aliphatic heterocycles. The average molecular weight is 530 g/mol. The van der Waals surface area contributed by atoms with Crippen molar-refractivity contribution in [2.24, 2.45) is 0 Å². The fourth-order valence-corrected chi connectivity index (χ4v) is 5.17. The summed E-state index contributed by atoms with van der Waals surface area (Å²) in [6.07, 6.45) is 0.442. The Morgan fingerprint density at radius 1 is 0.971 bits per heavy atom. The van der Waals surface area contributed by atoms with Gasteiger partial charge in [0.1, 0.15) is 6.04 Å². The Morgan fingerprint density at radius 3 is 2.34 bits per heavy atom. The molecule has 0 fully saturated rings. The molecule has 0 unspecified atom stereocenters. The van der Waals surface area contributed by atoms with Crippen LogP contribution in [0.1, 0.15) is 29.2 Å². The summed E-state index contributed by atoms with van der Waals surface area (Å²) in [7, 11) is 0. The molecule has 1 atom stereocenters. The number of carbonyl (C=O) groups excluding carboxylic acids is 2. The van der Waals surface area contributed by atoms with E-state index in [1.165, 1.54) is 11.8 Å². The number of aryl methyl sites for hydroxylation is 1. The molecular weight excluding hydrogens is 499 g/mol. The van der Waals surface area contributed by atoms with Gasteiger partial charge in [0, 0.05) is 35.3 Å². The number of benzene rings is 3. The Morgan fingerprint density at radius 2 is 1.69 bits per heavy atom. The van der Waals surface area contributed by atoms with E-state index in [4.69, 9.17) is 23.2 Å². The number of hydrogen-bond acceptors (Lipinski definition) is 3. The summed E-state index contributed by atoms with van der Waals surface area (Å²) < 4.78 is 0. The largest absolute Gasteiger partial charge is 0.355 e. The average Bonchev–Trinajstić information content (AvgIpc) is 2.84. The van der Waals surface area contributed by atoms with Crippen LogP contribution in [0.4, 0.5) is 0 Å². The van der Waals surface area contributed by atoms with Gasteiger partial charge in [0.05, 0.1) is 5.75 Å². The minimum absolute atomic E-state index is 0.0900. The molecule has 0 aliphatic carbocycles. The Bertz CT molecular complexity index is 1120. The van der Waals surface area contributed by atoms with Gasteiger partial charge in [0.2, 0.25) is 11.8 Å². The molecule has 1 N–H and O–H groups in total. The molecule has 2 amide bonds. The highest BCUT2D eigenvalue weighted by molar-refractivity contribution is 7.99. The second kappa shape index (κ2) is 13.6. The predicted octanol–water partition coefficient (Wildman–Crippen LogP) is 6.31. The number of nitrogens with one attached hydrogen (secondary N) is 1. The smallest absolute Gasteiger partial charge is 0.243 e. The first kappa shape index (κ1) is 27.1. The second-order valence-corrected chi connectivity index (χ2v) is 10.2. The number of hydrogen-bond donors (Lipinski definition) is 1. The van der Waals surface area contributed by atoms with Gasteiger partial charge in [0.15, 0.2) is 0 Å². The number of rotatable bonds is 11. The third-order valence-electron chi connectivity index (χ3n) is 5.59. The first-order valence-corrected chi connectivity index (χ1v) is 13.5. The van der Waals surface area contributed by atoms with Crippen molar-refractivity contribution in [3.05, 3.63) is 105 Å². The number of carbonyl (C=O) groups is 2. The van der Waals surface area contributed by atoms with E-state index in [-0.39, 0.29) is 17.6 Å². The zero-order chi connectivity index (χ0) is 25.2. The maximum atomic E-state index is 13.6. The lowest BCUT2D eigenvalue weighted by atomic mass is 10.0. The van der Waals surface area contributed by atoms with E-state index in [0.29, 0.717) is 35.3 Å². The van der Waals surface area contributed by atoms with E-state index in [9.17, 15) is 9.59 Å². The third-order valence-corrected chi connectivity index (χ3v) is 7.15. The first-order chi connectivity index (χ1) is 16.9. The Balaban J connectivity index is 1.82. The highest BCUT2D eigenvalue weighted by Crippen LogP contribution is 2.25. The van der Waals surface area contributed by atoms with E-state index in [0.717, 1.165) is 22.3 Å². The molecule has 3 rings (SSSR count). The van der Waals surface area contributed by atoms with Crippen LogP contribution < -0.4 is 5.32 Å². The van der Waals surface area contributed by atoms with E-state index >= 15 is 0 Å². The third kappa shape index (κ3) is 8.31. The second-order valence-electron chi connectivity index (χ2n) is 8.34. The van der Waals surface area contributed by atoms with Crippen LogP contribution >= 0.6 is 35.0 Å². The molecular formula is C28H30Cl2N2O2S. The molecule has 0 aliphatic rings. The fourth-order valence-electron chi connectivity index (χ4n) is 3.71. The number of likely N-dealkylation sites (N-methyl/N-ethyl adjacent to an activating group) is 1. The summed E-state index contributed by atoms with van der Waals surface area (Å²) in [5.41, 5.74) is 4.05. The number of thioether (sulfide) groups is 1. The van der Waals surface area contributed by atoms with Crippen LogP contribution in [0, 0.1) is 6.92 Å². The van der Waals surface area contributed by atoms with E-state index in [2.05, 4.69) is 5.32 Å². The molecule has 0 saturated carbocycles. The van der Waals surface area contributed by atoms with Gasteiger partial charge in [0.25, 0.3) is 0 Å². The van der Waals surface area contributed by atoms with Crippen molar-refractivity contribution < 1.29 is 9.59 Å². The van der Waals surface area contributed by atoms with Gasteiger partial charge in [-0.05, 0) is 42.7 Å². The lowest BCUT2D eigenvalue weighted by Gasteiger charge is -2.31. The number of amides is 2. The number of halogens is 2. The van der Waals surface area contributed by atoms with Gasteiger partial charge < -0.3 is 10.2 Å². The van der Waals surface area contributed by atoms with Crippen LogP contribution in [0.3, 0.4) is 0 Å². The lowest BCUT2D eigenvalue weighted by molar-refractivity contribution is -0.139. The van der Waals surface area contributed by atoms with Crippen LogP contribution in [0.5, 0.6) is 0 Å². The molecule has 4 nitrogen and oxygen atoms in total. The van der Waals surface area contributed by atoms with E-state index in [1.807, 2.05) is 74.5 Å². The van der Waals surface area contributed by atoms with Crippen LogP contribution in [0.25, 0.3) is 0 Å². The summed E-state index contributed by atoms with van der Waals surface area (Å²) in [4.78, 5) is 28.4. The van der Waals surface area contributed by atoms with Crippen molar-refractivity contribution in [2.45, 2.75) is 38.6 Å². The molecule has 0 saturated heterocycles. The molecule has 0 aromatic heterocycles. The van der Waals surface area contributed by atoms with Gasteiger partial charge in [-0.3, -0.25) is 9.59 Å². The molecule has 0 radical (unpaired) electrons. The first-order valence-electron chi connectivity index (χ1n) is 11.6. The molecule has 0 heterocycles. The predicted molar refractivity (Wildman–Crippen MR) is 147 cm³/mol. The van der Waals surface area contributed by atoms with Crippen LogP contribution in [-0.2, 0) is 28.3 Å². The summed E-state index contributed by atoms with van der Waals surface area (Å²) in [5.74, 6) is 0.565. The molecule has 0 spiro atoms. The summed E-state index contributed by atoms with van der Waals surface area (Å²) in [5, 5.41) is 4.08. The van der Waals surface area contributed by atoms with Crippen molar-refractivity contribution in [2.75, 3.05) is 12.3 Å². The quantitative estimate of drug-likeness (QED) is 0.317. The van der Waals surface area contributed by atoms with Crippen molar-refractivity contribution in [3.8, 4) is 0 Å². The molecule has 35 heavy (non-hydrogen) atoms. The summed E-state index contributed by atoms with van der Waals surface area (Å²) in [6, 6.07) is 22.6. The molecule has 7 heteroatoms. The van der Waals surface area contributed by atoms with Gasteiger partial charge >= 0.3 is 0 Å². The topological polar surface area (TPSA) is 49.4 Å². The van der Waals surface area contributed by atoms with Gasteiger partial charge in [-0.1, -0.05) is 89.4 Å². The standard InChI is InChI=1S/C28H30Cl2N2O2S/c1-3-31-28(34)26(15-21-7-5-4-6-8-21)32(17-22-11-9-20(2)10-12-22)27(33)19-35-18-23-13-14-24(29)16-25(23)30/h4-14,16,26H,3,15,17-19H2,1-2H3,(H,31,34)/t26-/m0/s1. The maximum Gasteiger partial charge on any atom is 0.243 e.